The van der Waals surface area contributed by atoms with Crippen LogP contribution in [-0.4, -0.2) is 12.5 Å². The van der Waals surface area contributed by atoms with E-state index in [2.05, 4.69) is 29.7 Å². The standard InChI is InChI=1S/C18H28N2O/c1-2-3-4-5-6-7-10-18(21)20-16-11-12-17-15(14-16)9-8-13-19-17/h11-12,14,19H,2-10,13H2,1H3,(H,20,21). The van der Waals surface area contributed by atoms with Crippen molar-refractivity contribution in [1.82, 2.24) is 0 Å². The topological polar surface area (TPSA) is 41.1 Å². The van der Waals surface area contributed by atoms with Crippen molar-refractivity contribution >= 4 is 17.3 Å². The van der Waals surface area contributed by atoms with E-state index in [-0.39, 0.29) is 5.91 Å². The summed E-state index contributed by atoms with van der Waals surface area (Å²) in [6.45, 7) is 3.28. The molecule has 116 valence electrons. The summed E-state index contributed by atoms with van der Waals surface area (Å²) in [5.41, 5.74) is 3.47. The summed E-state index contributed by atoms with van der Waals surface area (Å²) in [6, 6.07) is 6.19. The number of nitrogens with one attached hydrogen (secondary N) is 2. The van der Waals surface area contributed by atoms with Crippen LogP contribution in [0.3, 0.4) is 0 Å². The maximum absolute atomic E-state index is 11.9. The van der Waals surface area contributed by atoms with Gasteiger partial charge in [0.05, 0.1) is 0 Å². The lowest BCUT2D eigenvalue weighted by Gasteiger charge is -2.18. The van der Waals surface area contributed by atoms with Crippen LogP contribution in [0.5, 0.6) is 0 Å². The number of rotatable bonds is 8. The van der Waals surface area contributed by atoms with Crippen molar-refractivity contribution < 1.29 is 4.79 Å². The lowest BCUT2D eigenvalue weighted by molar-refractivity contribution is -0.116. The van der Waals surface area contributed by atoms with Gasteiger partial charge in [0, 0.05) is 24.3 Å². The Morgan fingerprint density at radius 2 is 2.00 bits per heavy atom. The molecule has 0 saturated heterocycles. The molecule has 21 heavy (non-hydrogen) atoms. The minimum absolute atomic E-state index is 0.147. The van der Waals surface area contributed by atoms with Crippen LogP contribution in [0.2, 0.25) is 0 Å². The molecule has 0 fully saturated rings. The summed E-state index contributed by atoms with van der Waals surface area (Å²) >= 11 is 0. The Balaban J connectivity index is 1.70. The van der Waals surface area contributed by atoms with E-state index in [4.69, 9.17) is 0 Å². The van der Waals surface area contributed by atoms with Crippen molar-refractivity contribution in [2.24, 2.45) is 0 Å². The molecule has 1 aliphatic heterocycles. The number of fused-ring (bicyclic) bond motifs is 1. The second-order valence-electron chi connectivity index (χ2n) is 5.97. The fraction of sp³-hybridized carbons (Fsp3) is 0.611. The average molecular weight is 288 g/mol. The lowest BCUT2D eigenvalue weighted by atomic mass is 10.0. The molecule has 1 aromatic carbocycles. The van der Waals surface area contributed by atoms with E-state index in [0.29, 0.717) is 6.42 Å². The van der Waals surface area contributed by atoms with Gasteiger partial charge in [-0.3, -0.25) is 4.79 Å². The number of carbonyl (C=O) groups is 1. The first-order chi connectivity index (χ1) is 10.3. The summed E-state index contributed by atoms with van der Waals surface area (Å²) in [5, 5.41) is 6.42. The maximum Gasteiger partial charge on any atom is 0.224 e. The van der Waals surface area contributed by atoms with E-state index in [0.717, 1.165) is 25.1 Å². The molecule has 3 nitrogen and oxygen atoms in total. The monoisotopic (exact) mass is 288 g/mol. The van der Waals surface area contributed by atoms with E-state index in [1.54, 1.807) is 0 Å². The number of anilines is 2. The molecule has 0 spiro atoms. The number of carbonyl (C=O) groups excluding carboxylic acids is 1. The molecule has 3 heteroatoms. The SMILES string of the molecule is CCCCCCCCC(=O)Nc1ccc2c(c1)CCCN2. The van der Waals surface area contributed by atoms with Crippen molar-refractivity contribution in [3.8, 4) is 0 Å². The quantitative estimate of drug-likeness (QED) is 0.679. The Bertz CT molecular complexity index is 457. The highest BCUT2D eigenvalue weighted by molar-refractivity contribution is 5.91. The molecule has 0 saturated carbocycles. The number of hydrogen-bond acceptors (Lipinski definition) is 2. The Hall–Kier alpha value is -1.51. The normalized spacial score (nSPS) is 13.4. The number of amides is 1. The molecule has 2 rings (SSSR count). The minimum atomic E-state index is 0.147. The van der Waals surface area contributed by atoms with E-state index >= 15 is 0 Å². The fourth-order valence-corrected chi connectivity index (χ4v) is 2.84. The first-order valence-corrected chi connectivity index (χ1v) is 8.46. The average Bonchev–Trinajstić information content (AvgIpc) is 2.50. The van der Waals surface area contributed by atoms with Gasteiger partial charge in [-0.25, -0.2) is 0 Å². The predicted octanol–water partition coefficient (Wildman–Crippen LogP) is 4.73. The molecule has 0 unspecified atom stereocenters. The molecular weight excluding hydrogens is 260 g/mol. The summed E-state index contributed by atoms with van der Waals surface area (Å²) in [4.78, 5) is 11.9. The summed E-state index contributed by atoms with van der Waals surface area (Å²) in [5.74, 6) is 0.147. The molecule has 0 atom stereocenters. The molecule has 1 heterocycles. The van der Waals surface area contributed by atoms with Gasteiger partial charge in [0.2, 0.25) is 5.91 Å². The molecule has 0 bridgehead atoms. The van der Waals surface area contributed by atoms with Gasteiger partial charge in [0.1, 0.15) is 0 Å². The Morgan fingerprint density at radius 3 is 2.86 bits per heavy atom. The van der Waals surface area contributed by atoms with Crippen molar-refractivity contribution in [2.75, 3.05) is 17.2 Å². The first kappa shape index (κ1) is 15.9. The van der Waals surface area contributed by atoms with Crippen molar-refractivity contribution in [2.45, 2.75) is 64.7 Å². The van der Waals surface area contributed by atoms with Crippen LogP contribution in [0.25, 0.3) is 0 Å². The van der Waals surface area contributed by atoms with Crippen molar-refractivity contribution in [3.63, 3.8) is 0 Å². The van der Waals surface area contributed by atoms with E-state index in [1.165, 1.54) is 49.8 Å². The number of hydrogen-bond donors (Lipinski definition) is 2. The Labute approximate surface area is 128 Å². The second-order valence-corrected chi connectivity index (χ2v) is 5.97. The third-order valence-corrected chi connectivity index (χ3v) is 4.08. The molecule has 0 radical (unpaired) electrons. The van der Waals surface area contributed by atoms with Crippen LogP contribution in [0, 0.1) is 0 Å². The van der Waals surface area contributed by atoms with Gasteiger partial charge in [-0.15, -0.1) is 0 Å². The van der Waals surface area contributed by atoms with E-state index in [9.17, 15) is 4.79 Å². The van der Waals surface area contributed by atoms with Crippen LogP contribution in [0.4, 0.5) is 11.4 Å². The summed E-state index contributed by atoms with van der Waals surface area (Å²) in [6.07, 6.45) is 10.2. The predicted molar refractivity (Wildman–Crippen MR) is 89.9 cm³/mol. The van der Waals surface area contributed by atoms with Gasteiger partial charge >= 0.3 is 0 Å². The molecule has 1 aromatic rings. The van der Waals surface area contributed by atoms with Gasteiger partial charge in [-0.1, -0.05) is 39.0 Å². The number of unbranched alkanes of at least 4 members (excludes halogenated alkanes) is 5. The minimum Gasteiger partial charge on any atom is -0.385 e. The first-order valence-electron chi connectivity index (χ1n) is 8.46. The van der Waals surface area contributed by atoms with Crippen LogP contribution in [0.1, 0.15) is 63.9 Å². The van der Waals surface area contributed by atoms with Crippen LogP contribution >= 0.6 is 0 Å². The lowest BCUT2D eigenvalue weighted by Crippen LogP contribution is -2.14. The Morgan fingerprint density at radius 1 is 1.19 bits per heavy atom. The molecule has 1 amide bonds. The van der Waals surface area contributed by atoms with E-state index in [1.807, 2.05) is 6.07 Å². The van der Waals surface area contributed by atoms with Gasteiger partial charge in [0.15, 0.2) is 0 Å². The van der Waals surface area contributed by atoms with Gasteiger partial charge in [0.25, 0.3) is 0 Å². The third kappa shape index (κ3) is 5.41. The number of benzene rings is 1. The zero-order valence-corrected chi connectivity index (χ0v) is 13.2. The van der Waals surface area contributed by atoms with Crippen LogP contribution in [0.15, 0.2) is 18.2 Å². The van der Waals surface area contributed by atoms with Gasteiger partial charge in [-0.2, -0.15) is 0 Å². The molecule has 0 aromatic heterocycles. The maximum atomic E-state index is 11.9. The molecular formula is C18H28N2O. The molecule has 1 aliphatic rings. The fourth-order valence-electron chi connectivity index (χ4n) is 2.84. The van der Waals surface area contributed by atoms with Crippen LogP contribution < -0.4 is 10.6 Å². The molecule has 0 aliphatic carbocycles. The highest BCUT2D eigenvalue weighted by Gasteiger charge is 2.09. The Kier molecular flexibility index (Phi) is 6.58. The third-order valence-electron chi connectivity index (χ3n) is 4.08. The van der Waals surface area contributed by atoms with Crippen molar-refractivity contribution in [1.29, 1.82) is 0 Å². The zero-order valence-electron chi connectivity index (χ0n) is 13.2. The molecule has 2 N–H and O–H groups in total. The highest BCUT2D eigenvalue weighted by Crippen LogP contribution is 2.25. The smallest absolute Gasteiger partial charge is 0.224 e. The van der Waals surface area contributed by atoms with Crippen molar-refractivity contribution in [3.05, 3.63) is 23.8 Å². The van der Waals surface area contributed by atoms with E-state index < -0.39 is 0 Å². The van der Waals surface area contributed by atoms with Gasteiger partial charge < -0.3 is 10.6 Å². The number of aryl methyl sites for hydroxylation is 1. The summed E-state index contributed by atoms with van der Waals surface area (Å²) in [7, 11) is 0. The summed E-state index contributed by atoms with van der Waals surface area (Å²) < 4.78 is 0. The highest BCUT2D eigenvalue weighted by atomic mass is 16.1. The van der Waals surface area contributed by atoms with Crippen LogP contribution in [-0.2, 0) is 11.2 Å². The zero-order chi connectivity index (χ0) is 14.9. The largest absolute Gasteiger partial charge is 0.385 e. The second kappa shape index (κ2) is 8.71. The van der Waals surface area contributed by atoms with Gasteiger partial charge in [-0.05, 0) is 43.0 Å².